The van der Waals surface area contributed by atoms with E-state index in [1.807, 2.05) is 0 Å². The second-order valence-corrected chi connectivity index (χ2v) is 8.36. The number of anilines is 1. The second-order valence-electron chi connectivity index (χ2n) is 8.36. The van der Waals surface area contributed by atoms with Gasteiger partial charge in [-0.15, -0.1) is 0 Å². The van der Waals surface area contributed by atoms with Gasteiger partial charge in [0.2, 0.25) is 11.8 Å². The van der Waals surface area contributed by atoms with E-state index in [2.05, 4.69) is 0 Å². The van der Waals surface area contributed by atoms with Gasteiger partial charge in [-0.05, 0) is 30.3 Å². The Hall–Kier alpha value is -3.62. The Labute approximate surface area is 190 Å². The van der Waals surface area contributed by atoms with E-state index in [-0.39, 0.29) is 24.1 Å². The summed E-state index contributed by atoms with van der Waals surface area (Å²) in [7, 11) is 0. The van der Waals surface area contributed by atoms with Gasteiger partial charge in [-0.25, -0.2) is 4.39 Å². The van der Waals surface area contributed by atoms with Crippen LogP contribution in [0.15, 0.2) is 42.5 Å². The van der Waals surface area contributed by atoms with Crippen molar-refractivity contribution in [3.05, 3.63) is 53.8 Å². The molecule has 2 fully saturated rings. The van der Waals surface area contributed by atoms with E-state index in [9.17, 15) is 18.8 Å². The van der Waals surface area contributed by atoms with Crippen molar-refractivity contribution in [1.82, 2.24) is 9.80 Å². The largest absolute Gasteiger partial charge is 0.486 e. The van der Waals surface area contributed by atoms with Crippen molar-refractivity contribution in [3.8, 4) is 11.5 Å². The van der Waals surface area contributed by atoms with Gasteiger partial charge < -0.3 is 24.2 Å². The van der Waals surface area contributed by atoms with Crippen molar-refractivity contribution in [2.75, 3.05) is 50.8 Å². The standard InChI is InChI=1S/C24H24FN3O5/c25-18-3-1-2-16(12-18)23(30)26-6-8-27(9-7-26)24(31)17-13-22(29)28(15-17)19-4-5-20-21(14-19)33-11-10-32-20/h1-5,12,14,17H,6-11,13,15H2. The number of hydrogen-bond donors (Lipinski definition) is 0. The van der Waals surface area contributed by atoms with E-state index in [1.165, 1.54) is 18.2 Å². The Balaban J connectivity index is 1.20. The van der Waals surface area contributed by atoms with Crippen LogP contribution in [0.1, 0.15) is 16.8 Å². The fourth-order valence-corrected chi connectivity index (χ4v) is 4.51. The maximum atomic E-state index is 13.4. The molecule has 0 aliphatic carbocycles. The fourth-order valence-electron chi connectivity index (χ4n) is 4.51. The number of fused-ring (bicyclic) bond motifs is 1. The zero-order valence-electron chi connectivity index (χ0n) is 18.0. The highest BCUT2D eigenvalue weighted by Gasteiger charge is 2.38. The summed E-state index contributed by atoms with van der Waals surface area (Å²) in [6.45, 7) is 2.76. The predicted octanol–water partition coefficient (Wildman–Crippen LogP) is 1.93. The number of amides is 3. The quantitative estimate of drug-likeness (QED) is 0.710. The molecule has 9 heteroatoms. The van der Waals surface area contributed by atoms with E-state index >= 15 is 0 Å². The summed E-state index contributed by atoms with van der Waals surface area (Å²) in [5.74, 6) is -0.0803. The molecule has 3 amide bonds. The molecule has 2 saturated heterocycles. The van der Waals surface area contributed by atoms with Gasteiger partial charge in [0.1, 0.15) is 19.0 Å². The molecule has 172 valence electrons. The first-order valence-corrected chi connectivity index (χ1v) is 11.0. The predicted molar refractivity (Wildman–Crippen MR) is 117 cm³/mol. The molecule has 3 aliphatic rings. The number of benzene rings is 2. The lowest BCUT2D eigenvalue weighted by molar-refractivity contribution is -0.137. The molecule has 5 rings (SSSR count). The van der Waals surface area contributed by atoms with Gasteiger partial charge in [-0.3, -0.25) is 14.4 Å². The first-order chi connectivity index (χ1) is 16.0. The van der Waals surface area contributed by atoms with Gasteiger partial charge in [-0.2, -0.15) is 0 Å². The van der Waals surface area contributed by atoms with Crippen molar-refractivity contribution in [1.29, 1.82) is 0 Å². The highest BCUT2D eigenvalue weighted by atomic mass is 19.1. The minimum atomic E-state index is -0.455. The Bertz CT molecular complexity index is 1100. The van der Waals surface area contributed by atoms with E-state index in [0.717, 1.165) is 0 Å². The average Bonchev–Trinajstić information content (AvgIpc) is 3.24. The molecule has 8 nitrogen and oxygen atoms in total. The Kier molecular flexibility index (Phi) is 5.62. The molecule has 2 aromatic rings. The normalized spacial score (nSPS) is 20.2. The molecule has 1 atom stereocenters. The summed E-state index contributed by atoms with van der Waals surface area (Å²) in [6, 6.07) is 11.0. The van der Waals surface area contributed by atoms with Crippen molar-refractivity contribution >= 4 is 23.4 Å². The molecule has 0 radical (unpaired) electrons. The monoisotopic (exact) mass is 453 g/mol. The van der Waals surface area contributed by atoms with E-state index in [0.29, 0.717) is 68.7 Å². The van der Waals surface area contributed by atoms with Crippen LogP contribution >= 0.6 is 0 Å². The maximum Gasteiger partial charge on any atom is 0.254 e. The molecule has 0 spiro atoms. The number of carbonyl (C=O) groups is 3. The maximum absolute atomic E-state index is 13.4. The first-order valence-electron chi connectivity index (χ1n) is 11.0. The fraction of sp³-hybridized carbons (Fsp3) is 0.375. The molecule has 3 heterocycles. The molecule has 0 N–H and O–H groups in total. The summed E-state index contributed by atoms with van der Waals surface area (Å²) in [4.78, 5) is 43.3. The number of carbonyl (C=O) groups excluding carboxylic acids is 3. The minimum Gasteiger partial charge on any atom is -0.486 e. The van der Waals surface area contributed by atoms with Crippen LogP contribution in [0.4, 0.5) is 10.1 Å². The van der Waals surface area contributed by atoms with E-state index in [4.69, 9.17) is 9.47 Å². The number of nitrogens with zero attached hydrogens (tertiary/aromatic N) is 3. The highest BCUT2D eigenvalue weighted by molar-refractivity contribution is 6.00. The third-order valence-corrected chi connectivity index (χ3v) is 6.26. The summed E-state index contributed by atoms with van der Waals surface area (Å²) in [6.07, 6.45) is 0.149. The lowest BCUT2D eigenvalue weighted by Crippen LogP contribution is -2.52. The number of ether oxygens (including phenoxy) is 2. The summed E-state index contributed by atoms with van der Waals surface area (Å²) in [5, 5.41) is 0. The highest BCUT2D eigenvalue weighted by Crippen LogP contribution is 2.36. The molecule has 2 aromatic carbocycles. The van der Waals surface area contributed by atoms with E-state index < -0.39 is 11.7 Å². The third-order valence-electron chi connectivity index (χ3n) is 6.26. The van der Waals surface area contributed by atoms with Gasteiger partial charge in [-0.1, -0.05) is 6.07 Å². The smallest absolute Gasteiger partial charge is 0.254 e. The van der Waals surface area contributed by atoms with Gasteiger partial charge in [0, 0.05) is 56.5 Å². The third kappa shape index (κ3) is 4.22. The first kappa shape index (κ1) is 21.2. The van der Waals surface area contributed by atoms with Crippen LogP contribution in [0.25, 0.3) is 0 Å². The van der Waals surface area contributed by atoms with Gasteiger partial charge >= 0.3 is 0 Å². The molecule has 0 saturated carbocycles. The van der Waals surface area contributed by atoms with E-state index in [1.54, 1.807) is 39.0 Å². The molecule has 0 aromatic heterocycles. The van der Waals surface area contributed by atoms with Crippen molar-refractivity contribution in [3.63, 3.8) is 0 Å². The van der Waals surface area contributed by atoms with Crippen molar-refractivity contribution in [2.45, 2.75) is 6.42 Å². The van der Waals surface area contributed by atoms with Crippen LogP contribution in [-0.4, -0.2) is 73.5 Å². The zero-order valence-corrected chi connectivity index (χ0v) is 18.0. The lowest BCUT2D eigenvalue weighted by Gasteiger charge is -2.36. The van der Waals surface area contributed by atoms with Crippen LogP contribution in [0.2, 0.25) is 0 Å². The zero-order chi connectivity index (χ0) is 22.9. The number of halogens is 1. The molecule has 1 unspecified atom stereocenters. The van der Waals surface area contributed by atoms with Crippen LogP contribution in [-0.2, 0) is 9.59 Å². The summed E-state index contributed by atoms with van der Waals surface area (Å²) >= 11 is 0. The van der Waals surface area contributed by atoms with Crippen LogP contribution < -0.4 is 14.4 Å². The summed E-state index contributed by atoms with van der Waals surface area (Å²) in [5.41, 5.74) is 0.983. The topological polar surface area (TPSA) is 79.4 Å². The molecule has 0 bridgehead atoms. The molecule has 33 heavy (non-hydrogen) atoms. The van der Waals surface area contributed by atoms with Crippen LogP contribution in [0.3, 0.4) is 0 Å². The molecular formula is C24H24FN3O5. The van der Waals surface area contributed by atoms with Gasteiger partial charge in [0.15, 0.2) is 11.5 Å². The second kappa shape index (κ2) is 8.73. The minimum absolute atomic E-state index is 0.0822. The van der Waals surface area contributed by atoms with Gasteiger partial charge in [0.05, 0.1) is 5.92 Å². The number of hydrogen-bond acceptors (Lipinski definition) is 5. The number of piperazine rings is 1. The molecular weight excluding hydrogens is 429 g/mol. The van der Waals surface area contributed by atoms with Crippen molar-refractivity contribution < 1.29 is 28.2 Å². The number of rotatable bonds is 3. The Morgan fingerprint density at radius 3 is 2.39 bits per heavy atom. The van der Waals surface area contributed by atoms with Gasteiger partial charge in [0.25, 0.3) is 5.91 Å². The van der Waals surface area contributed by atoms with Crippen molar-refractivity contribution in [2.24, 2.45) is 5.92 Å². The average molecular weight is 453 g/mol. The lowest BCUT2D eigenvalue weighted by atomic mass is 10.1. The molecule has 3 aliphatic heterocycles. The van der Waals surface area contributed by atoms with Crippen LogP contribution in [0.5, 0.6) is 11.5 Å². The summed E-state index contributed by atoms with van der Waals surface area (Å²) < 4.78 is 24.6. The SMILES string of the molecule is O=C(c1cccc(F)c1)N1CCN(C(=O)C2CC(=O)N(c3ccc4c(c3)OCCO4)C2)CC1. The Morgan fingerprint density at radius 1 is 0.909 bits per heavy atom. The van der Waals surface area contributed by atoms with Crippen LogP contribution in [0, 0.1) is 11.7 Å². The Morgan fingerprint density at radius 2 is 1.64 bits per heavy atom.